The van der Waals surface area contributed by atoms with Gasteiger partial charge in [0.15, 0.2) is 5.82 Å². The van der Waals surface area contributed by atoms with E-state index < -0.39 is 5.60 Å². The highest BCUT2D eigenvalue weighted by Crippen LogP contribution is 2.33. The van der Waals surface area contributed by atoms with Gasteiger partial charge in [0, 0.05) is 24.6 Å². The predicted molar refractivity (Wildman–Crippen MR) is 115 cm³/mol. The van der Waals surface area contributed by atoms with Crippen LogP contribution in [0, 0.1) is 0 Å². The number of ether oxygens (including phenoxy) is 2. The van der Waals surface area contributed by atoms with Crippen LogP contribution in [0.4, 0.5) is 11.5 Å². The molecule has 29 heavy (non-hydrogen) atoms. The highest BCUT2D eigenvalue weighted by atomic mass is 16.5. The van der Waals surface area contributed by atoms with Crippen LogP contribution in [0.25, 0.3) is 16.5 Å². The van der Waals surface area contributed by atoms with Gasteiger partial charge in [0.1, 0.15) is 17.3 Å². The third-order valence-corrected chi connectivity index (χ3v) is 5.10. The molecule has 3 aromatic rings. The SMILES string of the molecule is COc1ccc(Nc2nc(C3=C(O)CC(C)(OC)C=C3)nc3ccccc23)cc1. The topological polar surface area (TPSA) is 76.5 Å². The van der Waals surface area contributed by atoms with Crippen LogP contribution < -0.4 is 10.1 Å². The number of rotatable bonds is 5. The molecule has 0 fully saturated rings. The van der Waals surface area contributed by atoms with Crippen molar-refractivity contribution in [2.75, 3.05) is 19.5 Å². The zero-order chi connectivity index (χ0) is 20.4. The molecule has 1 unspecified atom stereocenters. The van der Waals surface area contributed by atoms with Crippen LogP contribution in [-0.4, -0.2) is 34.9 Å². The minimum Gasteiger partial charge on any atom is -0.511 e. The van der Waals surface area contributed by atoms with Crippen molar-refractivity contribution in [2.24, 2.45) is 0 Å². The van der Waals surface area contributed by atoms with E-state index in [1.807, 2.05) is 67.6 Å². The standard InChI is InChI=1S/C23H23N3O3/c1-23(29-3)13-12-18(20(27)14-23)22-25-19-7-5-4-6-17(19)21(26-22)24-15-8-10-16(28-2)11-9-15/h4-13,27H,14H2,1-3H3,(H,24,25,26). The van der Waals surface area contributed by atoms with Crippen LogP contribution in [0.15, 0.2) is 66.4 Å². The molecule has 0 spiro atoms. The van der Waals surface area contributed by atoms with Gasteiger partial charge in [0.25, 0.3) is 0 Å². The number of nitrogens with one attached hydrogen (secondary N) is 1. The van der Waals surface area contributed by atoms with Gasteiger partial charge in [-0.05, 0) is 49.4 Å². The van der Waals surface area contributed by atoms with Crippen molar-refractivity contribution >= 4 is 28.0 Å². The molecule has 2 aromatic carbocycles. The molecule has 0 bridgehead atoms. The summed E-state index contributed by atoms with van der Waals surface area (Å²) in [6.45, 7) is 1.93. The number of aliphatic hydroxyl groups is 1. The van der Waals surface area contributed by atoms with E-state index in [0.29, 0.717) is 23.6 Å². The van der Waals surface area contributed by atoms with Crippen molar-refractivity contribution in [1.29, 1.82) is 0 Å². The normalized spacial score (nSPS) is 18.9. The fourth-order valence-electron chi connectivity index (χ4n) is 3.29. The Hall–Kier alpha value is -3.38. The van der Waals surface area contributed by atoms with Gasteiger partial charge < -0.3 is 19.9 Å². The lowest BCUT2D eigenvalue weighted by Crippen LogP contribution is -2.27. The number of benzene rings is 2. The van der Waals surface area contributed by atoms with Gasteiger partial charge in [-0.15, -0.1) is 0 Å². The Balaban J connectivity index is 1.77. The Morgan fingerprint density at radius 2 is 1.79 bits per heavy atom. The van der Waals surface area contributed by atoms with E-state index in [4.69, 9.17) is 14.5 Å². The number of para-hydroxylation sites is 1. The molecule has 0 aliphatic heterocycles. The molecule has 1 atom stereocenters. The first-order chi connectivity index (χ1) is 14.0. The van der Waals surface area contributed by atoms with E-state index >= 15 is 0 Å². The number of aliphatic hydroxyl groups excluding tert-OH is 1. The molecule has 1 heterocycles. The quantitative estimate of drug-likeness (QED) is 0.638. The minimum atomic E-state index is -0.533. The average Bonchev–Trinajstić information content (AvgIpc) is 2.74. The molecule has 2 N–H and O–H groups in total. The molecule has 148 valence electrons. The van der Waals surface area contributed by atoms with Crippen molar-refractivity contribution in [3.63, 3.8) is 0 Å². The fourth-order valence-corrected chi connectivity index (χ4v) is 3.29. The predicted octanol–water partition coefficient (Wildman–Crippen LogP) is 5.02. The Labute approximate surface area is 169 Å². The molecule has 1 aliphatic carbocycles. The van der Waals surface area contributed by atoms with Crippen LogP contribution in [0.1, 0.15) is 19.2 Å². The van der Waals surface area contributed by atoms with Gasteiger partial charge >= 0.3 is 0 Å². The number of hydrogen-bond donors (Lipinski definition) is 2. The lowest BCUT2D eigenvalue weighted by molar-refractivity contribution is 0.0396. The third-order valence-electron chi connectivity index (χ3n) is 5.10. The van der Waals surface area contributed by atoms with E-state index in [2.05, 4.69) is 10.3 Å². The number of methoxy groups -OCH3 is 2. The highest BCUT2D eigenvalue weighted by molar-refractivity contribution is 5.92. The van der Waals surface area contributed by atoms with Crippen LogP contribution in [0.3, 0.4) is 0 Å². The van der Waals surface area contributed by atoms with E-state index in [1.165, 1.54) is 0 Å². The first-order valence-electron chi connectivity index (χ1n) is 9.36. The van der Waals surface area contributed by atoms with Crippen molar-refractivity contribution < 1.29 is 14.6 Å². The van der Waals surface area contributed by atoms with Crippen LogP contribution >= 0.6 is 0 Å². The summed E-state index contributed by atoms with van der Waals surface area (Å²) in [5.74, 6) is 2.13. The van der Waals surface area contributed by atoms with Crippen molar-refractivity contribution in [3.05, 3.63) is 72.3 Å². The molecule has 0 amide bonds. The number of nitrogens with zero attached hydrogens (tertiary/aromatic N) is 2. The second-order valence-corrected chi connectivity index (χ2v) is 7.15. The van der Waals surface area contributed by atoms with E-state index in [0.717, 1.165) is 22.3 Å². The van der Waals surface area contributed by atoms with Crippen molar-refractivity contribution in [1.82, 2.24) is 9.97 Å². The molecule has 6 heteroatoms. The highest BCUT2D eigenvalue weighted by Gasteiger charge is 2.28. The van der Waals surface area contributed by atoms with Gasteiger partial charge in [-0.25, -0.2) is 9.97 Å². The van der Waals surface area contributed by atoms with Crippen molar-refractivity contribution in [2.45, 2.75) is 18.9 Å². The van der Waals surface area contributed by atoms with Gasteiger partial charge in [-0.2, -0.15) is 0 Å². The molecule has 0 saturated carbocycles. The molecule has 0 radical (unpaired) electrons. The average molecular weight is 389 g/mol. The maximum absolute atomic E-state index is 10.6. The number of anilines is 2. The third kappa shape index (κ3) is 3.79. The summed E-state index contributed by atoms with van der Waals surface area (Å²) in [6.07, 6.45) is 4.12. The summed E-state index contributed by atoms with van der Waals surface area (Å²) in [5.41, 5.74) is 1.74. The van der Waals surface area contributed by atoms with Crippen molar-refractivity contribution in [3.8, 4) is 5.75 Å². The van der Waals surface area contributed by atoms with E-state index in [9.17, 15) is 5.11 Å². The van der Waals surface area contributed by atoms with Gasteiger partial charge in [-0.1, -0.05) is 18.2 Å². The smallest absolute Gasteiger partial charge is 0.165 e. The van der Waals surface area contributed by atoms with Crippen LogP contribution in [-0.2, 0) is 4.74 Å². The second-order valence-electron chi connectivity index (χ2n) is 7.15. The van der Waals surface area contributed by atoms with E-state index in [-0.39, 0.29) is 5.76 Å². The lowest BCUT2D eigenvalue weighted by atomic mass is 9.92. The molecular formula is C23H23N3O3. The summed E-state index contributed by atoms with van der Waals surface area (Å²) >= 11 is 0. The van der Waals surface area contributed by atoms with Gasteiger partial charge in [0.2, 0.25) is 0 Å². The molecule has 1 aromatic heterocycles. The van der Waals surface area contributed by atoms with Crippen LogP contribution in [0.5, 0.6) is 5.75 Å². The maximum Gasteiger partial charge on any atom is 0.165 e. The summed E-state index contributed by atoms with van der Waals surface area (Å²) in [6, 6.07) is 15.4. The minimum absolute atomic E-state index is 0.211. The number of hydrogen-bond acceptors (Lipinski definition) is 6. The first-order valence-corrected chi connectivity index (χ1v) is 9.36. The zero-order valence-electron chi connectivity index (χ0n) is 16.6. The monoisotopic (exact) mass is 389 g/mol. The fraction of sp³-hybridized carbons (Fsp3) is 0.217. The summed E-state index contributed by atoms with van der Waals surface area (Å²) in [5, 5.41) is 14.9. The first kappa shape index (κ1) is 19.0. The summed E-state index contributed by atoms with van der Waals surface area (Å²) < 4.78 is 10.7. The van der Waals surface area contributed by atoms with E-state index in [1.54, 1.807) is 14.2 Å². The largest absolute Gasteiger partial charge is 0.511 e. The zero-order valence-corrected chi connectivity index (χ0v) is 16.6. The molecule has 6 nitrogen and oxygen atoms in total. The molecule has 0 saturated heterocycles. The number of aromatic nitrogens is 2. The lowest BCUT2D eigenvalue weighted by Gasteiger charge is -2.28. The Kier molecular flexibility index (Phi) is 4.94. The molecular weight excluding hydrogens is 366 g/mol. The Morgan fingerprint density at radius 1 is 1.03 bits per heavy atom. The maximum atomic E-state index is 10.6. The number of fused-ring (bicyclic) bond motifs is 1. The Morgan fingerprint density at radius 3 is 2.48 bits per heavy atom. The molecule has 4 rings (SSSR count). The summed E-state index contributed by atoms with van der Waals surface area (Å²) in [4.78, 5) is 9.39. The van der Waals surface area contributed by atoms with Gasteiger partial charge in [-0.3, -0.25) is 0 Å². The second kappa shape index (κ2) is 7.56. The van der Waals surface area contributed by atoms with Crippen LogP contribution in [0.2, 0.25) is 0 Å². The summed E-state index contributed by atoms with van der Waals surface area (Å²) in [7, 11) is 3.27. The van der Waals surface area contributed by atoms with Gasteiger partial charge in [0.05, 0.1) is 23.8 Å². The molecule has 1 aliphatic rings. The number of allylic oxidation sites excluding steroid dienone is 2. The Bertz CT molecular complexity index is 1110.